The van der Waals surface area contributed by atoms with Crippen LogP contribution in [0.4, 0.5) is 0 Å². The molecule has 0 radical (unpaired) electrons. The van der Waals surface area contributed by atoms with E-state index in [2.05, 4.69) is 10.3 Å². The number of carboxylic acids is 1. The Morgan fingerprint density at radius 3 is 2.60 bits per heavy atom. The first kappa shape index (κ1) is 10.1. The maximum Gasteiger partial charge on any atom is 0.328 e. The molecule has 0 aromatic carbocycles. The van der Waals surface area contributed by atoms with Crippen LogP contribution >= 0.6 is 0 Å². The molecule has 4 nitrogen and oxygen atoms in total. The van der Waals surface area contributed by atoms with Crippen LogP contribution in [0.5, 0.6) is 0 Å². The SMILES string of the molecule is CC(NC1CC1)(C(=O)O)c1ccncc1. The van der Waals surface area contributed by atoms with Crippen LogP contribution in [0.25, 0.3) is 0 Å². The van der Waals surface area contributed by atoms with Crippen LogP contribution < -0.4 is 5.32 Å². The molecule has 1 fully saturated rings. The number of nitrogens with zero attached hydrogens (tertiary/aromatic N) is 1. The molecule has 1 heterocycles. The standard InChI is InChI=1S/C11H14N2O2/c1-11(10(14)15,13-9-2-3-9)8-4-6-12-7-5-8/h4-7,9,13H,2-3H2,1H3,(H,14,15). The average molecular weight is 206 g/mol. The summed E-state index contributed by atoms with van der Waals surface area (Å²) >= 11 is 0. The lowest BCUT2D eigenvalue weighted by Gasteiger charge is -2.26. The summed E-state index contributed by atoms with van der Waals surface area (Å²) in [6.45, 7) is 1.70. The third kappa shape index (κ3) is 1.99. The molecule has 0 bridgehead atoms. The molecule has 0 spiro atoms. The van der Waals surface area contributed by atoms with Crippen molar-refractivity contribution >= 4 is 5.97 Å². The highest BCUT2D eigenvalue weighted by molar-refractivity contribution is 5.80. The minimum atomic E-state index is -0.996. The molecule has 0 aliphatic heterocycles. The maximum absolute atomic E-state index is 11.3. The Morgan fingerprint density at radius 2 is 2.13 bits per heavy atom. The van der Waals surface area contributed by atoms with Gasteiger partial charge in [-0.2, -0.15) is 0 Å². The topological polar surface area (TPSA) is 62.2 Å². The Kier molecular flexibility index (Phi) is 2.44. The van der Waals surface area contributed by atoms with Crippen LogP contribution in [-0.2, 0) is 10.3 Å². The number of nitrogens with one attached hydrogen (secondary N) is 1. The van der Waals surface area contributed by atoms with E-state index in [1.54, 1.807) is 31.5 Å². The van der Waals surface area contributed by atoms with Gasteiger partial charge < -0.3 is 5.11 Å². The second-order valence-electron chi connectivity index (χ2n) is 4.08. The highest BCUT2D eigenvalue weighted by Gasteiger charge is 2.39. The molecule has 1 unspecified atom stereocenters. The van der Waals surface area contributed by atoms with Crippen LogP contribution in [0.15, 0.2) is 24.5 Å². The fraction of sp³-hybridized carbons (Fsp3) is 0.455. The van der Waals surface area contributed by atoms with E-state index < -0.39 is 11.5 Å². The molecular formula is C11H14N2O2. The minimum absolute atomic E-state index is 0.347. The number of hydrogen-bond acceptors (Lipinski definition) is 3. The average Bonchev–Trinajstić information content (AvgIpc) is 3.02. The zero-order valence-electron chi connectivity index (χ0n) is 8.60. The lowest BCUT2D eigenvalue weighted by Crippen LogP contribution is -2.47. The van der Waals surface area contributed by atoms with Crippen LogP contribution in [-0.4, -0.2) is 22.1 Å². The normalized spacial score (nSPS) is 19.5. The van der Waals surface area contributed by atoms with Gasteiger partial charge in [-0.3, -0.25) is 10.3 Å². The van der Waals surface area contributed by atoms with Gasteiger partial charge in [-0.1, -0.05) is 0 Å². The first-order valence-corrected chi connectivity index (χ1v) is 5.04. The Hall–Kier alpha value is -1.42. The Bertz CT molecular complexity index is 362. The van der Waals surface area contributed by atoms with Gasteiger partial charge >= 0.3 is 5.97 Å². The van der Waals surface area contributed by atoms with Crippen LogP contribution in [0.3, 0.4) is 0 Å². The van der Waals surface area contributed by atoms with Crippen LogP contribution in [0, 0.1) is 0 Å². The van der Waals surface area contributed by atoms with Gasteiger partial charge in [0.1, 0.15) is 5.54 Å². The number of rotatable bonds is 4. The number of aromatic nitrogens is 1. The second-order valence-corrected chi connectivity index (χ2v) is 4.08. The van der Waals surface area contributed by atoms with Gasteiger partial charge in [0.25, 0.3) is 0 Å². The van der Waals surface area contributed by atoms with Crippen molar-refractivity contribution in [2.45, 2.75) is 31.3 Å². The predicted octanol–water partition coefficient (Wildman–Crippen LogP) is 1.13. The lowest BCUT2D eigenvalue weighted by atomic mass is 9.93. The molecule has 1 saturated carbocycles. The van der Waals surface area contributed by atoms with Gasteiger partial charge in [-0.15, -0.1) is 0 Å². The molecule has 1 aliphatic carbocycles. The third-order valence-corrected chi connectivity index (χ3v) is 2.76. The van der Waals surface area contributed by atoms with Crippen LogP contribution in [0.2, 0.25) is 0 Å². The fourth-order valence-corrected chi connectivity index (χ4v) is 1.59. The van der Waals surface area contributed by atoms with Crippen LogP contribution in [0.1, 0.15) is 25.3 Å². The van der Waals surface area contributed by atoms with Crippen molar-refractivity contribution in [3.05, 3.63) is 30.1 Å². The highest BCUT2D eigenvalue weighted by atomic mass is 16.4. The summed E-state index contributed by atoms with van der Waals surface area (Å²) in [5.41, 5.74) is -0.249. The summed E-state index contributed by atoms with van der Waals surface area (Å²) < 4.78 is 0. The van der Waals surface area contributed by atoms with Gasteiger partial charge in [-0.25, -0.2) is 4.79 Å². The van der Waals surface area contributed by atoms with E-state index in [1.807, 2.05) is 0 Å². The minimum Gasteiger partial charge on any atom is -0.480 e. The van der Waals surface area contributed by atoms with Crippen molar-refractivity contribution < 1.29 is 9.90 Å². The molecular weight excluding hydrogens is 192 g/mol. The van der Waals surface area contributed by atoms with E-state index in [0.29, 0.717) is 6.04 Å². The van der Waals surface area contributed by atoms with Crippen molar-refractivity contribution in [2.24, 2.45) is 0 Å². The van der Waals surface area contributed by atoms with Crippen molar-refractivity contribution in [1.82, 2.24) is 10.3 Å². The molecule has 0 saturated heterocycles. The van der Waals surface area contributed by atoms with Gasteiger partial charge in [0.15, 0.2) is 0 Å². The van der Waals surface area contributed by atoms with E-state index in [0.717, 1.165) is 18.4 Å². The van der Waals surface area contributed by atoms with Crippen molar-refractivity contribution in [3.8, 4) is 0 Å². The molecule has 80 valence electrons. The molecule has 1 aliphatic rings. The summed E-state index contributed by atoms with van der Waals surface area (Å²) in [6, 6.07) is 3.83. The molecule has 15 heavy (non-hydrogen) atoms. The molecule has 2 N–H and O–H groups in total. The van der Waals surface area contributed by atoms with Crippen molar-refractivity contribution in [2.75, 3.05) is 0 Å². The molecule has 1 atom stereocenters. The summed E-state index contributed by atoms with van der Waals surface area (Å²) in [5.74, 6) is -0.847. The molecule has 0 amide bonds. The Balaban J connectivity index is 2.28. The Labute approximate surface area is 88.3 Å². The number of carboxylic acid groups (broad SMARTS) is 1. The number of aliphatic carboxylic acids is 1. The van der Waals surface area contributed by atoms with Crippen molar-refractivity contribution in [1.29, 1.82) is 0 Å². The van der Waals surface area contributed by atoms with Gasteiger partial charge in [0.05, 0.1) is 0 Å². The van der Waals surface area contributed by atoms with E-state index in [4.69, 9.17) is 0 Å². The number of hydrogen-bond donors (Lipinski definition) is 2. The quantitative estimate of drug-likeness (QED) is 0.775. The third-order valence-electron chi connectivity index (χ3n) is 2.76. The van der Waals surface area contributed by atoms with E-state index in [1.165, 1.54) is 0 Å². The Morgan fingerprint density at radius 1 is 1.53 bits per heavy atom. The fourth-order valence-electron chi connectivity index (χ4n) is 1.59. The summed E-state index contributed by atoms with van der Waals surface area (Å²) in [6.07, 6.45) is 5.36. The lowest BCUT2D eigenvalue weighted by molar-refractivity contribution is -0.144. The smallest absolute Gasteiger partial charge is 0.328 e. The van der Waals surface area contributed by atoms with Gasteiger partial charge in [0.2, 0.25) is 0 Å². The predicted molar refractivity (Wildman–Crippen MR) is 55.4 cm³/mol. The van der Waals surface area contributed by atoms with Gasteiger partial charge in [0, 0.05) is 18.4 Å². The zero-order valence-corrected chi connectivity index (χ0v) is 8.60. The zero-order chi connectivity index (χ0) is 10.9. The largest absolute Gasteiger partial charge is 0.480 e. The number of carbonyl (C=O) groups is 1. The summed E-state index contributed by atoms with van der Waals surface area (Å²) in [4.78, 5) is 15.2. The monoisotopic (exact) mass is 206 g/mol. The molecule has 1 aromatic heterocycles. The number of pyridine rings is 1. The molecule has 1 aromatic rings. The van der Waals surface area contributed by atoms with Gasteiger partial charge in [-0.05, 0) is 37.5 Å². The first-order valence-electron chi connectivity index (χ1n) is 5.04. The van der Waals surface area contributed by atoms with E-state index in [9.17, 15) is 9.90 Å². The maximum atomic E-state index is 11.3. The highest BCUT2D eigenvalue weighted by Crippen LogP contribution is 2.28. The molecule has 4 heteroatoms. The van der Waals surface area contributed by atoms with E-state index >= 15 is 0 Å². The van der Waals surface area contributed by atoms with Crippen molar-refractivity contribution in [3.63, 3.8) is 0 Å². The van der Waals surface area contributed by atoms with E-state index in [-0.39, 0.29) is 0 Å². The molecule has 2 rings (SSSR count). The summed E-state index contributed by atoms with van der Waals surface area (Å²) in [7, 11) is 0. The second kappa shape index (κ2) is 3.62. The first-order chi connectivity index (χ1) is 7.13. The summed E-state index contributed by atoms with van der Waals surface area (Å²) in [5, 5.41) is 12.4.